The summed E-state index contributed by atoms with van der Waals surface area (Å²) in [4.78, 5) is 33.0. The fraction of sp³-hybridized carbons (Fsp3) is 0.304. The zero-order valence-corrected chi connectivity index (χ0v) is 18.0. The molecule has 1 aliphatic heterocycles. The number of para-hydroxylation sites is 2. The number of carbonyl (C=O) groups is 1. The molecule has 4 aromatic rings. The molecule has 0 aliphatic carbocycles. The molecule has 32 heavy (non-hydrogen) atoms. The number of amides is 1. The standard InChI is InChI=1S/C23H24N6O3/c1-15-9-10-19(32-2)17(13-15)24-20(30)14-28-23(31)29-18-8-4-3-7-16(18)25-21(22(29)26-28)27-11-5-6-12-27/h3-4,7-10,13H,5-6,11-12,14H2,1-2H3,(H,24,30). The largest absolute Gasteiger partial charge is 0.495 e. The van der Waals surface area contributed by atoms with Crippen molar-refractivity contribution in [2.45, 2.75) is 26.3 Å². The molecule has 0 saturated carbocycles. The maximum Gasteiger partial charge on any atom is 0.351 e. The summed E-state index contributed by atoms with van der Waals surface area (Å²) in [6, 6.07) is 13.0. The van der Waals surface area contributed by atoms with Gasteiger partial charge in [-0.2, -0.15) is 0 Å². The molecule has 0 spiro atoms. The topological polar surface area (TPSA) is 93.8 Å². The third-order valence-corrected chi connectivity index (χ3v) is 5.72. The van der Waals surface area contributed by atoms with Gasteiger partial charge in [0.05, 0.1) is 23.8 Å². The zero-order chi connectivity index (χ0) is 22.2. The second kappa shape index (κ2) is 7.99. The van der Waals surface area contributed by atoms with Crippen molar-refractivity contribution in [3.05, 3.63) is 58.5 Å². The molecule has 0 unspecified atom stereocenters. The summed E-state index contributed by atoms with van der Waals surface area (Å²) < 4.78 is 8.07. The number of hydrogen-bond acceptors (Lipinski definition) is 6. The molecule has 3 heterocycles. The van der Waals surface area contributed by atoms with Crippen LogP contribution < -0.4 is 20.6 Å². The SMILES string of the molecule is COc1ccc(C)cc1NC(=O)Cn1nc2c(N3CCCC3)nc3ccccc3n2c1=O. The first-order valence-corrected chi connectivity index (χ1v) is 10.6. The van der Waals surface area contributed by atoms with Crippen LogP contribution in [0.2, 0.25) is 0 Å². The van der Waals surface area contributed by atoms with Crippen LogP contribution in [0, 0.1) is 6.92 Å². The molecule has 1 aliphatic rings. The lowest BCUT2D eigenvalue weighted by Crippen LogP contribution is -2.28. The molecule has 0 bridgehead atoms. The minimum Gasteiger partial charge on any atom is -0.495 e. The van der Waals surface area contributed by atoms with Gasteiger partial charge < -0.3 is 15.0 Å². The highest BCUT2D eigenvalue weighted by atomic mass is 16.5. The van der Waals surface area contributed by atoms with Gasteiger partial charge in [0.1, 0.15) is 12.3 Å². The first-order valence-electron chi connectivity index (χ1n) is 10.6. The minimum absolute atomic E-state index is 0.217. The van der Waals surface area contributed by atoms with E-state index in [4.69, 9.17) is 9.72 Å². The molecule has 9 heteroatoms. The second-order valence-electron chi connectivity index (χ2n) is 7.97. The zero-order valence-electron chi connectivity index (χ0n) is 18.0. The van der Waals surface area contributed by atoms with Gasteiger partial charge in [0, 0.05) is 13.1 Å². The molecule has 5 rings (SSSR count). The smallest absolute Gasteiger partial charge is 0.351 e. The van der Waals surface area contributed by atoms with Gasteiger partial charge in [-0.25, -0.2) is 18.9 Å². The summed E-state index contributed by atoms with van der Waals surface area (Å²) in [6.07, 6.45) is 2.15. The van der Waals surface area contributed by atoms with Crippen molar-refractivity contribution < 1.29 is 9.53 Å². The third-order valence-electron chi connectivity index (χ3n) is 5.72. The van der Waals surface area contributed by atoms with Crippen LogP contribution in [0.15, 0.2) is 47.3 Å². The Labute approximate surface area is 184 Å². The van der Waals surface area contributed by atoms with E-state index in [1.807, 2.05) is 43.3 Å². The summed E-state index contributed by atoms with van der Waals surface area (Å²) in [5.74, 6) is 0.870. The highest BCUT2D eigenvalue weighted by Crippen LogP contribution is 2.26. The van der Waals surface area contributed by atoms with E-state index in [1.54, 1.807) is 17.6 Å². The van der Waals surface area contributed by atoms with E-state index in [9.17, 15) is 9.59 Å². The van der Waals surface area contributed by atoms with Crippen LogP contribution in [-0.4, -0.2) is 45.3 Å². The summed E-state index contributed by atoms with van der Waals surface area (Å²) in [5, 5.41) is 7.35. The number of nitrogens with zero attached hydrogens (tertiary/aromatic N) is 5. The van der Waals surface area contributed by atoms with E-state index in [2.05, 4.69) is 15.3 Å². The highest BCUT2D eigenvalue weighted by Gasteiger charge is 2.23. The van der Waals surface area contributed by atoms with Gasteiger partial charge in [0.25, 0.3) is 0 Å². The highest BCUT2D eigenvalue weighted by molar-refractivity contribution is 5.92. The number of benzene rings is 2. The number of rotatable bonds is 5. The van der Waals surface area contributed by atoms with Gasteiger partial charge in [0.2, 0.25) is 11.6 Å². The van der Waals surface area contributed by atoms with E-state index >= 15 is 0 Å². The molecule has 9 nitrogen and oxygen atoms in total. The summed E-state index contributed by atoms with van der Waals surface area (Å²) in [6.45, 7) is 3.45. The average molecular weight is 432 g/mol. The Kier molecular flexibility index (Phi) is 5.01. The molecular weight excluding hydrogens is 408 g/mol. The number of hydrogen-bond donors (Lipinski definition) is 1. The van der Waals surface area contributed by atoms with Crippen LogP contribution in [0.5, 0.6) is 5.75 Å². The maximum atomic E-state index is 13.3. The van der Waals surface area contributed by atoms with Crippen molar-refractivity contribution in [1.29, 1.82) is 0 Å². The Morgan fingerprint density at radius 3 is 2.72 bits per heavy atom. The van der Waals surface area contributed by atoms with Gasteiger partial charge in [0.15, 0.2) is 5.82 Å². The lowest BCUT2D eigenvalue weighted by Gasteiger charge is -2.17. The molecule has 2 aromatic heterocycles. The number of methoxy groups -OCH3 is 1. The van der Waals surface area contributed by atoms with Crippen molar-refractivity contribution >= 4 is 34.1 Å². The first-order chi connectivity index (χ1) is 15.5. The van der Waals surface area contributed by atoms with E-state index in [1.165, 1.54) is 4.68 Å². The van der Waals surface area contributed by atoms with E-state index in [0.29, 0.717) is 28.4 Å². The Balaban J connectivity index is 1.55. The Hall–Kier alpha value is -3.88. The molecule has 164 valence electrons. The van der Waals surface area contributed by atoms with Crippen LogP contribution >= 0.6 is 0 Å². The monoisotopic (exact) mass is 432 g/mol. The van der Waals surface area contributed by atoms with Crippen LogP contribution in [0.1, 0.15) is 18.4 Å². The summed E-state index contributed by atoms with van der Waals surface area (Å²) >= 11 is 0. The fourth-order valence-corrected chi connectivity index (χ4v) is 4.17. The lowest BCUT2D eigenvalue weighted by molar-refractivity contribution is -0.117. The number of carbonyl (C=O) groups excluding carboxylic acids is 1. The van der Waals surface area contributed by atoms with E-state index in [-0.39, 0.29) is 18.1 Å². The number of nitrogens with one attached hydrogen (secondary N) is 1. The van der Waals surface area contributed by atoms with Gasteiger partial charge in [-0.3, -0.25) is 4.79 Å². The lowest BCUT2D eigenvalue weighted by atomic mass is 10.2. The maximum absolute atomic E-state index is 13.3. The molecule has 1 saturated heterocycles. The Bertz CT molecular complexity index is 1380. The van der Waals surface area contributed by atoms with Gasteiger partial charge in [-0.15, -0.1) is 5.10 Å². The molecule has 0 atom stereocenters. The summed E-state index contributed by atoms with van der Waals surface area (Å²) in [5.41, 5.74) is 3.03. The normalized spacial score (nSPS) is 13.8. The van der Waals surface area contributed by atoms with Crippen molar-refractivity contribution in [3.8, 4) is 5.75 Å². The molecular formula is C23H24N6O3. The number of ether oxygens (including phenoxy) is 1. The summed E-state index contributed by atoms with van der Waals surface area (Å²) in [7, 11) is 1.55. The number of aryl methyl sites for hydroxylation is 1. The van der Waals surface area contributed by atoms with Gasteiger partial charge in [-0.05, 0) is 49.6 Å². The third kappa shape index (κ3) is 3.45. The molecule has 0 radical (unpaired) electrons. The number of aromatic nitrogens is 4. The first kappa shape index (κ1) is 20.0. The quantitative estimate of drug-likeness (QED) is 0.521. The van der Waals surface area contributed by atoms with Gasteiger partial charge >= 0.3 is 5.69 Å². The predicted octanol–water partition coefficient (Wildman–Crippen LogP) is 2.60. The number of anilines is 2. The van der Waals surface area contributed by atoms with Crippen LogP contribution in [0.25, 0.3) is 16.7 Å². The number of fused-ring (bicyclic) bond motifs is 3. The van der Waals surface area contributed by atoms with E-state index in [0.717, 1.165) is 37.0 Å². The van der Waals surface area contributed by atoms with Crippen LogP contribution in [-0.2, 0) is 11.3 Å². The van der Waals surface area contributed by atoms with Crippen molar-refractivity contribution in [1.82, 2.24) is 19.2 Å². The molecule has 1 N–H and O–H groups in total. The van der Waals surface area contributed by atoms with Crippen molar-refractivity contribution in [3.63, 3.8) is 0 Å². The molecule has 2 aromatic carbocycles. The minimum atomic E-state index is -0.370. The van der Waals surface area contributed by atoms with Crippen LogP contribution in [0.3, 0.4) is 0 Å². The Morgan fingerprint density at radius 1 is 1.16 bits per heavy atom. The second-order valence-corrected chi connectivity index (χ2v) is 7.97. The average Bonchev–Trinajstić information content (AvgIpc) is 3.42. The Morgan fingerprint density at radius 2 is 1.94 bits per heavy atom. The molecule has 1 fully saturated rings. The predicted molar refractivity (Wildman–Crippen MR) is 123 cm³/mol. The van der Waals surface area contributed by atoms with Crippen LogP contribution in [0.4, 0.5) is 11.5 Å². The van der Waals surface area contributed by atoms with Crippen molar-refractivity contribution in [2.75, 3.05) is 30.4 Å². The van der Waals surface area contributed by atoms with Gasteiger partial charge in [-0.1, -0.05) is 18.2 Å². The van der Waals surface area contributed by atoms with E-state index < -0.39 is 0 Å². The molecule has 1 amide bonds. The fourth-order valence-electron chi connectivity index (χ4n) is 4.17. The van der Waals surface area contributed by atoms with Crippen molar-refractivity contribution in [2.24, 2.45) is 0 Å².